The van der Waals surface area contributed by atoms with Crippen molar-refractivity contribution in [3.63, 3.8) is 0 Å². The molecular weight excluding hydrogens is 214 g/mol. The smallest absolute Gasteiger partial charge is 0.179 e. The summed E-state index contributed by atoms with van der Waals surface area (Å²) in [6.07, 6.45) is 3.26. The zero-order valence-electron chi connectivity index (χ0n) is 10.2. The maximum absolute atomic E-state index is 12.2. The minimum absolute atomic E-state index is 0.00157. The molecule has 1 unspecified atom stereocenters. The summed E-state index contributed by atoms with van der Waals surface area (Å²) in [5.74, 6) is 1.02. The van der Waals surface area contributed by atoms with Crippen molar-refractivity contribution in [1.82, 2.24) is 5.32 Å². The lowest BCUT2D eigenvalue weighted by molar-refractivity contribution is 0.0927. The van der Waals surface area contributed by atoms with Gasteiger partial charge in [0.25, 0.3) is 0 Å². The van der Waals surface area contributed by atoms with E-state index in [2.05, 4.69) is 5.32 Å². The van der Waals surface area contributed by atoms with Crippen LogP contribution in [0.3, 0.4) is 0 Å². The third kappa shape index (κ3) is 3.07. The molecule has 1 aliphatic rings. The number of hydrogen-bond acceptors (Lipinski definition) is 3. The Morgan fingerprint density at radius 2 is 2.12 bits per heavy atom. The van der Waals surface area contributed by atoms with Crippen LogP contribution in [0.15, 0.2) is 24.3 Å². The summed E-state index contributed by atoms with van der Waals surface area (Å²) in [6.45, 7) is 3.55. The fraction of sp³-hybridized carbons (Fsp3) is 0.500. The highest BCUT2D eigenvalue weighted by Gasteiger charge is 2.21. The van der Waals surface area contributed by atoms with Gasteiger partial charge in [0.05, 0.1) is 12.6 Å². The maximum Gasteiger partial charge on any atom is 0.179 e. The molecular formula is C14H19NO2. The predicted molar refractivity (Wildman–Crippen MR) is 67.6 cm³/mol. The van der Waals surface area contributed by atoms with Crippen LogP contribution in [0.2, 0.25) is 0 Å². The molecule has 1 atom stereocenters. The van der Waals surface area contributed by atoms with Crippen molar-refractivity contribution in [1.29, 1.82) is 0 Å². The molecule has 0 aromatic heterocycles. The van der Waals surface area contributed by atoms with Crippen LogP contribution in [-0.4, -0.2) is 25.0 Å². The lowest BCUT2D eigenvalue weighted by Crippen LogP contribution is -2.40. The number of carbonyl (C=O) groups excluding carboxylic acids is 1. The van der Waals surface area contributed by atoms with Crippen LogP contribution < -0.4 is 10.1 Å². The van der Waals surface area contributed by atoms with E-state index in [1.165, 1.54) is 6.42 Å². The first-order valence-electron chi connectivity index (χ1n) is 6.31. The summed E-state index contributed by atoms with van der Waals surface area (Å²) in [6, 6.07) is 7.42. The number of carbonyl (C=O) groups is 1. The number of Topliss-reactive ketones (excluding diaryl/α,β-unsaturated/α-hetero) is 1. The standard InChI is InChI=1S/C14H19NO2/c1-2-17-12-8-6-11(7-9-12)14(16)13-5-3-4-10-15-13/h6-9,13,15H,2-5,10H2,1H3. The molecule has 3 heteroatoms. The van der Waals surface area contributed by atoms with Gasteiger partial charge in [-0.3, -0.25) is 4.79 Å². The predicted octanol–water partition coefficient (Wildman–Crippen LogP) is 2.41. The molecule has 2 rings (SSSR count). The van der Waals surface area contributed by atoms with Gasteiger partial charge in [0.1, 0.15) is 5.75 Å². The molecule has 0 amide bonds. The Bertz CT molecular complexity index is 366. The van der Waals surface area contributed by atoms with Gasteiger partial charge in [-0.25, -0.2) is 0 Å². The van der Waals surface area contributed by atoms with Crippen molar-refractivity contribution < 1.29 is 9.53 Å². The van der Waals surface area contributed by atoms with E-state index < -0.39 is 0 Å². The summed E-state index contributed by atoms with van der Waals surface area (Å²) in [4.78, 5) is 12.2. The van der Waals surface area contributed by atoms with Crippen LogP contribution in [0.1, 0.15) is 36.5 Å². The third-order valence-electron chi connectivity index (χ3n) is 3.08. The van der Waals surface area contributed by atoms with E-state index in [1.807, 2.05) is 31.2 Å². The van der Waals surface area contributed by atoms with Crippen LogP contribution in [-0.2, 0) is 0 Å². The monoisotopic (exact) mass is 233 g/mol. The Morgan fingerprint density at radius 1 is 1.35 bits per heavy atom. The SMILES string of the molecule is CCOc1ccc(C(=O)C2CCCCN2)cc1. The van der Waals surface area contributed by atoms with Crippen molar-refractivity contribution in [2.24, 2.45) is 0 Å². The highest BCUT2D eigenvalue weighted by Crippen LogP contribution is 2.16. The van der Waals surface area contributed by atoms with E-state index in [9.17, 15) is 4.79 Å². The number of ketones is 1. The fourth-order valence-electron chi connectivity index (χ4n) is 2.16. The number of piperidine rings is 1. The molecule has 92 valence electrons. The Kier molecular flexibility index (Phi) is 4.15. The molecule has 1 saturated heterocycles. The van der Waals surface area contributed by atoms with Gasteiger partial charge in [-0.2, -0.15) is 0 Å². The van der Waals surface area contributed by atoms with Gasteiger partial charge in [0, 0.05) is 5.56 Å². The van der Waals surface area contributed by atoms with Crippen molar-refractivity contribution in [2.75, 3.05) is 13.2 Å². The van der Waals surface area contributed by atoms with E-state index in [4.69, 9.17) is 4.74 Å². The molecule has 0 saturated carbocycles. The van der Waals surface area contributed by atoms with Crippen molar-refractivity contribution in [2.45, 2.75) is 32.2 Å². The second kappa shape index (κ2) is 5.82. The third-order valence-corrected chi connectivity index (χ3v) is 3.08. The molecule has 1 aromatic carbocycles. The molecule has 1 heterocycles. The molecule has 1 N–H and O–H groups in total. The van der Waals surface area contributed by atoms with E-state index in [0.29, 0.717) is 6.61 Å². The van der Waals surface area contributed by atoms with Gasteiger partial charge in [-0.1, -0.05) is 6.42 Å². The normalized spacial score (nSPS) is 19.9. The number of hydrogen-bond donors (Lipinski definition) is 1. The minimum atomic E-state index is 0.00157. The number of rotatable bonds is 4. The number of ether oxygens (including phenoxy) is 1. The minimum Gasteiger partial charge on any atom is -0.494 e. The largest absolute Gasteiger partial charge is 0.494 e. The van der Waals surface area contributed by atoms with Gasteiger partial charge in [0.15, 0.2) is 5.78 Å². The van der Waals surface area contributed by atoms with Crippen LogP contribution in [0.4, 0.5) is 0 Å². The van der Waals surface area contributed by atoms with Gasteiger partial charge in [-0.15, -0.1) is 0 Å². The molecule has 0 spiro atoms. The highest BCUT2D eigenvalue weighted by molar-refractivity contribution is 6.00. The zero-order valence-corrected chi connectivity index (χ0v) is 10.2. The molecule has 3 nitrogen and oxygen atoms in total. The zero-order chi connectivity index (χ0) is 12.1. The van der Waals surface area contributed by atoms with E-state index >= 15 is 0 Å². The Labute approximate surface area is 102 Å². The van der Waals surface area contributed by atoms with Gasteiger partial charge in [0.2, 0.25) is 0 Å². The first-order chi connectivity index (χ1) is 8.31. The maximum atomic E-state index is 12.2. The second-order valence-electron chi connectivity index (χ2n) is 4.32. The summed E-state index contributed by atoms with van der Waals surface area (Å²) in [5.41, 5.74) is 0.771. The van der Waals surface area contributed by atoms with Crippen LogP contribution in [0.25, 0.3) is 0 Å². The van der Waals surface area contributed by atoms with Gasteiger partial charge >= 0.3 is 0 Å². The topological polar surface area (TPSA) is 38.3 Å². The van der Waals surface area contributed by atoms with Crippen LogP contribution >= 0.6 is 0 Å². The van der Waals surface area contributed by atoms with Crippen molar-refractivity contribution in [3.05, 3.63) is 29.8 Å². The average molecular weight is 233 g/mol. The van der Waals surface area contributed by atoms with Gasteiger partial charge < -0.3 is 10.1 Å². The fourth-order valence-corrected chi connectivity index (χ4v) is 2.16. The molecule has 17 heavy (non-hydrogen) atoms. The first kappa shape index (κ1) is 12.1. The summed E-state index contributed by atoms with van der Waals surface area (Å²) in [5, 5.41) is 3.28. The number of benzene rings is 1. The van der Waals surface area contributed by atoms with E-state index in [1.54, 1.807) is 0 Å². The Balaban J connectivity index is 2.03. The summed E-state index contributed by atoms with van der Waals surface area (Å²) >= 11 is 0. The molecule has 1 aliphatic heterocycles. The lowest BCUT2D eigenvalue weighted by atomic mass is 9.96. The first-order valence-corrected chi connectivity index (χ1v) is 6.31. The average Bonchev–Trinajstić information content (AvgIpc) is 2.40. The van der Waals surface area contributed by atoms with Crippen LogP contribution in [0, 0.1) is 0 Å². The molecule has 0 bridgehead atoms. The van der Waals surface area contributed by atoms with E-state index in [-0.39, 0.29) is 11.8 Å². The van der Waals surface area contributed by atoms with Crippen molar-refractivity contribution in [3.8, 4) is 5.75 Å². The van der Waals surface area contributed by atoms with Crippen molar-refractivity contribution >= 4 is 5.78 Å². The van der Waals surface area contributed by atoms with E-state index in [0.717, 1.165) is 30.7 Å². The van der Waals surface area contributed by atoms with Crippen LogP contribution in [0.5, 0.6) is 5.75 Å². The molecule has 0 radical (unpaired) electrons. The quantitative estimate of drug-likeness (QED) is 0.812. The summed E-state index contributed by atoms with van der Waals surface area (Å²) < 4.78 is 5.36. The second-order valence-corrected chi connectivity index (χ2v) is 4.32. The number of nitrogens with one attached hydrogen (secondary N) is 1. The Hall–Kier alpha value is -1.35. The molecule has 1 aromatic rings. The lowest BCUT2D eigenvalue weighted by Gasteiger charge is -2.22. The van der Waals surface area contributed by atoms with Gasteiger partial charge in [-0.05, 0) is 50.6 Å². The highest BCUT2D eigenvalue weighted by atomic mass is 16.5. The summed E-state index contributed by atoms with van der Waals surface area (Å²) in [7, 11) is 0. The molecule has 0 aliphatic carbocycles. The Morgan fingerprint density at radius 3 is 2.71 bits per heavy atom. The molecule has 1 fully saturated rings.